The summed E-state index contributed by atoms with van der Waals surface area (Å²) in [7, 11) is 0. The fourth-order valence-electron chi connectivity index (χ4n) is 3.84. The molecule has 1 aliphatic carbocycles. The second kappa shape index (κ2) is 7.34. The molecule has 0 spiro atoms. The van der Waals surface area contributed by atoms with Gasteiger partial charge in [0.15, 0.2) is 0 Å². The number of rotatable bonds is 4. The van der Waals surface area contributed by atoms with Gasteiger partial charge in [0.1, 0.15) is 0 Å². The van der Waals surface area contributed by atoms with Crippen molar-refractivity contribution in [2.45, 2.75) is 44.6 Å². The molecule has 2 aliphatic rings. The molecule has 0 bridgehead atoms. The Kier molecular flexibility index (Phi) is 5.20. The van der Waals surface area contributed by atoms with Gasteiger partial charge >= 0.3 is 6.03 Å². The first-order chi connectivity index (χ1) is 11.1. The molecule has 2 heterocycles. The smallest absolute Gasteiger partial charge is 0.314 e. The maximum absolute atomic E-state index is 12.7. The zero-order valence-electron chi connectivity index (χ0n) is 13.4. The molecule has 0 aromatic carbocycles. The molecule has 0 radical (unpaired) electrons. The van der Waals surface area contributed by atoms with E-state index in [1.54, 1.807) is 16.2 Å². The van der Waals surface area contributed by atoms with Gasteiger partial charge in [-0.15, -0.1) is 11.3 Å². The Morgan fingerprint density at radius 2 is 2.04 bits per heavy atom. The van der Waals surface area contributed by atoms with E-state index in [4.69, 9.17) is 5.73 Å². The Morgan fingerprint density at radius 3 is 2.70 bits per heavy atom. The van der Waals surface area contributed by atoms with Crippen LogP contribution in [0.25, 0.3) is 0 Å². The summed E-state index contributed by atoms with van der Waals surface area (Å²) < 4.78 is 0. The van der Waals surface area contributed by atoms with Gasteiger partial charge in [0.05, 0.1) is 12.0 Å². The standard InChI is InChI=1S/C17H25N3O2S/c18-17(22)20-9-3-7-13(11-20)16(21)19-15(12-5-1-2-6-12)14-8-4-10-23-14/h4,8,10,12-13,15H,1-3,5-7,9,11H2,(H2,18,22)(H,19,21)/t13-,15+/m1/s1. The molecule has 6 heteroatoms. The average molecular weight is 335 g/mol. The Balaban J connectivity index is 1.67. The summed E-state index contributed by atoms with van der Waals surface area (Å²) in [5, 5.41) is 5.35. The maximum atomic E-state index is 12.7. The van der Waals surface area contributed by atoms with E-state index >= 15 is 0 Å². The first kappa shape index (κ1) is 16.3. The van der Waals surface area contributed by atoms with E-state index in [1.807, 2.05) is 6.07 Å². The predicted molar refractivity (Wildman–Crippen MR) is 91.0 cm³/mol. The van der Waals surface area contributed by atoms with Crippen molar-refractivity contribution in [2.24, 2.45) is 17.6 Å². The lowest BCUT2D eigenvalue weighted by molar-refractivity contribution is -0.127. The van der Waals surface area contributed by atoms with Gasteiger partial charge in [0, 0.05) is 18.0 Å². The van der Waals surface area contributed by atoms with E-state index in [9.17, 15) is 9.59 Å². The van der Waals surface area contributed by atoms with Crippen molar-refractivity contribution < 1.29 is 9.59 Å². The molecule has 126 valence electrons. The molecule has 2 fully saturated rings. The molecule has 3 amide bonds. The number of nitrogens with two attached hydrogens (primary N) is 1. The van der Waals surface area contributed by atoms with Crippen molar-refractivity contribution in [2.75, 3.05) is 13.1 Å². The fourth-order valence-corrected chi connectivity index (χ4v) is 4.71. The summed E-state index contributed by atoms with van der Waals surface area (Å²) in [5.74, 6) is 0.467. The highest BCUT2D eigenvalue weighted by Gasteiger charge is 2.32. The first-order valence-electron chi connectivity index (χ1n) is 8.53. The monoisotopic (exact) mass is 335 g/mol. The number of primary amides is 1. The third-order valence-corrected chi connectivity index (χ3v) is 6.08. The minimum absolute atomic E-state index is 0.0706. The molecule has 5 nitrogen and oxygen atoms in total. The summed E-state index contributed by atoms with van der Waals surface area (Å²) in [4.78, 5) is 26.9. The summed E-state index contributed by atoms with van der Waals surface area (Å²) >= 11 is 1.71. The van der Waals surface area contributed by atoms with Crippen LogP contribution in [0.1, 0.15) is 49.4 Å². The van der Waals surface area contributed by atoms with E-state index in [1.165, 1.54) is 30.6 Å². The van der Waals surface area contributed by atoms with Crippen molar-refractivity contribution >= 4 is 23.3 Å². The zero-order valence-corrected chi connectivity index (χ0v) is 14.2. The van der Waals surface area contributed by atoms with Gasteiger partial charge in [-0.05, 0) is 43.0 Å². The summed E-state index contributed by atoms with van der Waals surface area (Å²) in [6, 6.07) is 3.86. The van der Waals surface area contributed by atoms with Crippen molar-refractivity contribution in [3.05, 3.63) is 22.4 Å². The van der Waals surface area contributed by atoms with Gasteiger partial charge < -0.3 is 16.0 Å². The van der Waals surface area contributed by atoms with Crippen LogP contribution in [0.2, 0.25) is 0 Å². The lowest BCUT2D eigenvalue weighted by atomic mass is 9.93. The quantitative estimate of drug-likeness (QED) is 0.888. The molecule has 2 atom stereocenters. The van der Waals surface area contributed by atoms with Crippen molar-refractivity contribution in [3.8, 4) is 0 Å². The van der Waals surface area contributed by atoms with Crippen LogP contribution in [-0.2, 0) is 4.79 Å². The number of carbonyl (C=O) groups is 2. The zero-order chi connectivity index (χ0) is 16.2. The second-order valence-corrected chi connectivity index (χ2v) is 7.65. The highest BCUT2D eigenvalue weighted by atomic mass is 32.1. The minimum Gasteiger partial charge on any atom is -0.351 e. The van der Waals surface area contributed by atoms with Crippen LogP contribution in [0.15, 0.2) is 17.5 Å². The second-order valence-electron chi connectivity index (χ2n) is 6.67. The van der Waals surface area contributed by atoms with Crippen LogP contribution in [0, 0.1) is 11.8 Å². The molecule has 23 heavy (non-hydrogen) atoms. The van der Waals surface area contributed by atoms with E-state index < -0.39 is 6.03 Å². The van der Waals surface area contributed by atoms with Crippen molar-refractivity contribution in [1.82, 2.24) is 10.2 Å². The molecule has 3 rings (SSSR count). The number of hydrogen-bond donors (Lipinski definition) is 2. The van der Waals surface area contributed by atoms with Gasteiger partial charge in [-0.3, -0.25) is 4.79 Å². The Bertz CT molecular complexity index is 540. The maximum Gasteiger partial charge on any atom is 0.314 e. The lowest BCUT2D eigenvalue weighted by Gasteiger charge is -2.32. The van der Waals surface area contributed by atoms with Gasteiger partial charge in [0.25, 0.3) is 0 Å². The minimum atomic E-state index is -0.423. The Hall–Kier alpha value is -1.56. The number of hydrogen-bond acceptors (Lipinski definition) is 3. The van der Waals surface area contributed by atoms with E-state index in [0.29, 0.717) is 19.0 Å². The van der Waals surface area contributed by atoms with Crippen molar-refractivity contribution in [1.29, 1.82) is 0 Å². The highest BCUT2D eigenvalue weighted by molar-refractivity contribution is 7.10. The van der Waals surface area contributed by atoms with E-state index in [-0.39, 0.29) is 17.9 Å². The van der Waals surface area contributed by atoms with Gasteiger partial charge in [-0.25, -0.2) is 4.79 Å². The molecule has 0 unspecified atom stereocenters. The van der Waals surface area contributed by atoms with Crippen LogP contribution >= 0.6 is 11.3 Å². The topological polar surface area (TPSA) is 75.4 Å². The molecular formula is C17H25N3O2S. The SMILES string of the molecule is NC(=O)N1CCC[C@@H](C(=O)N[C@H](c2cccs2)C2CCCC2)C1. The third kappa shape index (κ3) is 3.86. The number of piperidine rings is 1. The molecular weight excluding hydrogens is 310 g/mol. The van der Waals surface area contributed by atoms with Crippen molar-refractivity contribution in [3.63, 3.8) is 0 Å². The van der Waals surface area contributed by atoms with Gasteiger partial charge in [0.2, 0.25) is 5.91 Å². The van der Waals surface area contributed by atoms with Crippen LogP contribution in [-0.4, -0.2) is 29.9 Å². The van der Waals surface area contributed by atoms with Crippen LogP contribution in [0.4, 0.5) is 4.79 Å². The summed E-state index contributed by atoms with van der Waals surface area (Å²) in [5.41, 5.74) is 5.36. The Morgan fingerprint density at radius 1 is 1.26 bits per heavy atom. The summed E-state index contributed by atoms with van der Waals surface area (Å²) in [6.07, 6.45) is 6.54. The van der Waals surface area contributed by atoms with E-state index in [2.05, 4.69) is 16.8 Å². The number of amides is 3. The molecule has 1 saturated carbocycles. The van der Waals surface area contributed by atoms with Gasteiger partial charge in [-0.1, -0.05) is 18.9 Å². The van der Waals surface area contributed by atoms with Crippen LogP contribution < -0.4 is 11.1 Å². The number of likely N-dealkylation sites (tertiary alicyclic amines) is 1. The van der Waals surface area contributed by atoms with Crippen LogP contribution in [0.3, 0.4) is 0 Å². The molecule has 3 N–H and O–H groups in total. The van der Waals surface area contributed by atoms with Gasteiger partial charge in [-0.2, -0.15) is 0 Å². The summed E-state index contributed by atoms with van der Waals surface area (Å²) in [6.45, 7) is 1.11. The highest BCUT2D eigenvalue weighted by Crippen LogP contribution is 2.37. The van der Waals surface area contributed by atoms with Crippen LogP contribution in [0.5, 0.6) is 0 Å². The average Bonchev–Trinajstić information content (AvgIpc) is 3.26. The first-order valence-corrected chi connectivity index (χ1v) is 9.41. The predicted octanol–water partition coefficient (Wildman–Crippen LogP) is 2.89. The number of thiophene rings is 1. The largest absolute Gasteiger partial charge is 0.351 e. The number of carbonyl (C=O) groups excluding carboxylic acids is 2. The lowest BCUT2D eigenvalue weighted by Crippen LogP contribution is -2.48. The molecule has 1 aromatic rings. The molecule has 1 aromatic heterocycles. The normalized spacial score (nSPS) is 23.7. The molecule has 1 saturated heterocycles. The fraction of sp³-hybridized carbons (Fsp3) is 0.647. The molecule has 1 aliphatic heterocycles. The number of nitrogens with zero attached hydrogens (tertiary/aromatic N) is 1. The number of nitrogens with one attached hydrogen (secondary N) is 1. The number of urea groups is 1. The van der Waals surface area contributed by atoms with E-state index in [0.717, 1.165) is 12.8 Å². The Labute approximate surface area is 141 Å². The third-order valence-electron chi connectivity index (χ3n) is 5.12.